The summed E-state index contributed by atoms with van der Waals surface area (Å²) in [4.78, 5) is 27.5. The summed E-state index contributed by atoms with van der Waals surface area (Å²) in [5.41, 5.74) is -0.0351. The predicted octanol–water partition coefficient (Wildman–Crippen LogP) is 2.73. The minimum atomic E-state index is -0.662. The van der Waals surface area contributed by atoms with Crippen LogP contribution < -0.4 is 9.47 Å². The van der Waals surface area contributed by atoms with Crippen LogP contribution in [0.1, 0.15) is 10.4 Å². The first kappa shape index (κ1) is 14.4. The van der Waals surface area contributed by atoms with Gasteiger partial charge in [-0.3, -0.25) is 10.1 Å². The van der Waals surface area contributed by atoms with Crippen LogP contribution in [0.15, 0.2) is 40.3 Å². The molecular formula is C15H8N2O6S. The largest absolute Gasteiger partial charge is 0.454 e. The number of nitro groups is 1. The monoisotopic (exact) mass is 344 g/mol. The van der Waals surface area contributed by atoms with Crippen molar-refractivity contribution in [2.75, 3.05) is 6.79 Å². The van der Waals surface area contributed by atoms with Crippen LogP contribution in [0.4, 0.5) is 5.69 Å². The van der Waals surface area contributed by atoms with E-state index in [-0.39, 0.29) is 29.6 Å². The van der Waals surface area contributed by atoms with Crippen molar-refractivity contribution in [3.8, 4) is 11.5 Å². The molecule has 0 spiro atoms. The van der Waals surface area contributed by atoms with Crippen LogP contribution in [-0.4, -0.2) is 23.6 Å². The predicted molar refractivity (Wildman–Crippen MR) is 84.1 cm³/mol. The molecule has 3 heterocycles. The highest BCUT2D eigenvalue weighted by molar-refractivity contribution is 7.12. The molecule has 0 aliphatic carbocycles. The van der Waals surface area contributed by atoms with E-state index in [1.807, 2.05) is 5.38 Å². The van der Waals surface area contributed by atoms with Gasteiger partial charge in [0.1, 0.15) is 0 Å². The van der Waals surface area contributed by atoms with E-state index in [4.69, 9.17) is 14.2 Å². The standard InChI is InChI=1S/C15H8N2O6S/c18-15-9(16-14(23-15)13-2-1-3-24-13)4-8-5-11-12(22-7-21-11)6-10(8)17(19)20/h1-6H,7H2/b9-4-. The third kappa shape index (κ3) is 2.40. The second kappa shape index (κ2) is 5.46. The molecule has 0 saturated heterocycles. The topological polar surface area (TPSA) is 100 Å². The normalized spacial score (nSPS) is 17.1. The number of carbonyl (C=O) groups excluding carboxylic acids is 1. The van der Waals surface area contributed by atoms with Gasteiger partial charge in [0.2, 0.25) is 12.7 Å². The number of aliphatic imine (C=N–C) groups is 1. The van der Waals surface area contributed by atoms with Crippen molar-refractivity contribution in [2.45, 2.75) is 0 Å². The lowest BCUT2D eigenvalue weighted by Gasteiger charge is -2.01. The molecule has 1 aromatic carbocycles. The van der Waals surface area contributed by atoms with Crippen LogP contribution in [0.2, 0.25) is 0 Å². The number of hydrogen-bond donors (Lipinski definition) is 0. The number of carbonyl (C=O) groups is 1. The SMILES string of the molecule is O=C1OC(c2cccs2)=N/C1=C\c1cc2c(cc1[N+](=O)[O-])OCO2. The fraction of sp³-hybridized carbons (Fsp3) is 0.0667. The highest BCUT2D eigenvalue weighted by Crippen LogP contribution is 2.39. The maximum Gasteiger partial charge on any atom is 0.363 e. The first-order valence-corrected chi connectivity index (χ1v) is 7.64. The Bertz CT molecular complexity index is 916. The molecule has 2 aromatic rings. The molecule has 2 aliphatic heterocycles. The molecule has 0 fully saturated rings. The van der Waals surface area contributed by atoms with Crippen LogP contribution in [0, 0.1) is 10.1 Å². The van der Waals surface area contributed by atoms with E-state index >= 15 is 0 Å². The van der Waals surface area contributed by atoms with Gasteiger partial charge >= 0.3 is 5.97 Å². The summed E-state index contributed by atoms with van der Waals surface area (Å²) in [5, 5.41) is 13.1. The Hall–Kier alpha value is -3.20. The van der Waals surface area contributed by atoms with Crippen LogP contribution in [0.25, 0.3) is 6.08 Å². The minimum absolute atomic E-state index is 0.00473. The molecule has 0 saturated carbocycles. The van der Waals surface area contributed by atoms with Crippen molar-refractivity contribution in [1.82, 2.24) is 0 Å². The molecule has 0 amide bonds. The van der Waals surface area contributed by atoms with E-state index in [2.05, 4.69) is 4.99 Å². The summed E-state index contributed by atoms with van der Waals surface area (Å²) in [6.45, 7) is -0.00473. The van der Waals surface area contributed by atoms with E-state index in [0.29, 0.717) is 16.4 Å². The molecule has 0 atom stereocenters. The van der Waals surface area contributed by atoms with Crippen LogP contribution in [0.3, 0.4) is 0 Å². The Balaban J connectivity index is 1.78. The van der Waals surface area contributed by atoms with Crippen molar-refractivity contribution in [1.29, 1.82) is 0 Å². The number of cyclic esters (lactones) is 1. The number of thiophene rings is 1. The number of esters is 1. The van der Waals surface area contributed by atoms with Crippen LogP contribution >= 0.6 is 11.3 Å². The number of fused-ring (bicyclic) bond motifs is 1. The van der Waals surface area contributed by atoms with E-state index in [9.17, 15) is 14.9 Å². The van der Waals surface area contributed by atoms with Crippen molar-refractivity contribution in [2.24, 2.45) is 4.99 Å². The molecule has 8 nitrogen and oxygen atoms in total. The molecule has 0 bridgehead atoms. The first-order valence-electron chi connectivity index (χ1n) is 6.76. The van der Waals surface area contributed by atoms with E-state index in [0.717, 1.165) is 0 Å². The first-order chi connectivity index (χ1) is 11.6. The van der Waals surface area contributed by atoms with Crippen molar-refractivity contribution < 1.29 is 23.9 Å². The summed E-state index contributed by atoms with van der Waals surface area (Å²) in [6.07, 6.45) is 1.31. The Morgan fingerprint density at radius 2 is 2.08 bits per heavy atom. The number of nitrogens with zero attached hydrogens (tertiary/aromatic N) is 2. The Morgan fingerprint density at radius 1 is 1.29 bits per heavy atom. The molecule has 1 aromatic heterocycles. The van der Waals surface area contributed by atoms with Crippen LogP contribution in [-0.2, 0) is 9.53 Å². The molecule has 2 aliphatic rings. The fourth-order valence-corrected chi connectivity index (χ4v) is 2.93. The molecule has 4 rings (SSSR count). The Morgan fingerprint density at radius 3 is 2.79 bits per heavy atom. The quantitative estimate of drug-likeness (QED) is 0.367. The number of nitro benzene ring substituents is 1. The highest BCUT2D eigenvalue weighted by Gasteiger charge is 2.28. The van der Waals surface area contributed by atoms with E-state index in [1.165, 1.54) is 29.5 Å². The average molecular weight is 344 g/mol. The summed E-state index contributed by atoms with van der Waals surface area (Å²) in [7, 11) is 0. The van der Waals surface area contributed by atoms with Gasteiger partial charge in [0.25, 0.3) is 5.69 Å². The fourth-order valence-electron chi connectivity index (χ4n) is 2.28. The van der Waals surface area contributed by atoms with Gasteiger partial charge in [-0.25, -0.2) is 9.79 Å². The molecule has 0 N–H and O–H groups in total. The van der Waals surface area contributed by atoms with Gasteiger partial charge in [-0.1, -0.05) is 6.07 Å². The Labute approximate surface area is 138 Å². The zero-order chi connectivity index (χ0) is 16.7. The average Bonchev–Trinajstić information content (AvgIpc) is 3.27. The lowest BCUT2D eigenvalue weighted by atomic mass is 10.1. The summed E-state index contributed by atoms with van der Waals surface area (Å²) in [5.74, 6) is 0.192. The Kier molecular flexibility index (Phi) is 3.28. The molecule has 0 unspecified atom stereocenters. The maximum atomic E-state index is 12.0. The van der Waals surface area contributed by atoms with Gasteiger partial charge < -0.3 is 14.2 Å². The number of benzene rings is 1. The third-order valence-electron chi connectivity index (χ3n) is 3.36. The maximum absolute atomic E-state index is 12.0. The zero-order valence-corrected chi connectivity index (χ0v) is 12.7. The van der Waals surface area contributed by atoms with E-state index < -0.39 is 10.9 Å². The lowest BCUT2D eigenvalue weighted by molar-refractivity contribution is -0.385. The number of hydrogen-bond acceptors (Lipinski definition) is 8. The van der Waals surface area contributed by atoms with Gasteiger partial charge in [0, 0.05) is 0 Å². The van der Waals surface area contributed by atoms with Gasteiger partial charge in [0.15, 0.2) is 17.2 Å². The molecule has 9 heteroatoms. The highest BCUT2D eigenvalue weighted by atomic mass is 32.1. The van der Waals surface area contributed by atoms with E-state index in [1.54, 1.807) is 12.1 Å². The minimum Gasteiger partial charge on any atom is -0.454 e. The summed E-state index contributed by atoms with van der Waals surface area (Å²) < 4.78 is 15.5. The summed E-state index contributed by atoms with van der Waals surface area (Å²) in [6, 6.07) is 6.28. The van der Waals surface area contributed by atoms with Crippen molar-refractivity contribution in [3.05, 3.63) is 55.9 Å². The van der Waals surface area contributed by atoms with Crippen molar-refractivity contribution in [3.63, 3.8) is 0 Å². The van der Waals surface area contributed by atoms with Crippen LogP contribution in [0.5, 0.6) is 11.5 Å². The second-order valence-electron chi connectivity index (χ2n) is 4.83. The van der Waals surface area contributed by atoms with Crippen molar-refractivity contribution >= 4 is 35.0 Å². The lowest BCUT2D eigenvalue weighted by Crippen LogP contribution is -2.03. The van der Waals surface area contributed by atoms with Gasteiger partial charge in [0.05, 0.1) is 21.4 Å². The number of rotatable bonds is 3. The molecule has 0 radical (unpaired) electrons. The third-order valence-corrected chi connectivity index (χ3v) is 4.22. The summed E-state index contributed by atoms with van der Waals surface area (Å²) >= 11 is 1.37. The smallest absolute Gasteiger partial charge is 0.363 e. The molecule has 120 valence electrons. The van der Waals surface area contributed by atoms with Gasteiger partial charge in [-0.2, -0.15) is 0 Å². The zero-order valence-electron chi connectivity index (χ0n) is 11.9. The van der Waals surface area contributed by atoms with Gasteiger partial charge in [-0.05, 0) is 23.6 Å². The second-order valence-corrected chi connectivity index (χ2v) is 5.78. The molecular weight excluding hydrogens is 336 g/mol. The molecule has 24 heavy (non-hydrogen) atoms. The van der Waals surface area contributed by atoms with Gasteiger partial charge in [-0.15, -0.1) is 11.3 Å². The number of ether oxygens (including phenoxy) is 3.